The van der Waals surface area contributed by atoms with Crippen molar-refractivity contribution in [3.8, 4) is 0 Å². The minimum atomic E-state index is -0.888. The highest BCUT2D eigenvalue weighted by molar-refractivity contribution is 5.81. The smallest absolute Gasteiger partial charge is 0.407 e. The van der Waals surface area contributed by atoms with E-state index in [1.165, 1.54) is 4.90 Å². The molecule has 0 unspecified atom stereocenters. The SMILES string of the molecule is O=C(O)N1CC=C(c2ccc3[nH]c(=O)[nH]c3c2)CC1. The third kappa shape index (κ3) is 2.12. The van der Waals surface area contributed by atoms with E-state index in [1.807, 2.05) is 24.3 Å². The number of hydrogen-bond acceptors (Lipinski definition) is 2. The van der Waals surface area contributed by atoms with Gasteiger partial charge in [0, 0.05) is 13.1 Å². The van der Waals surface area contributed by atoms with Gasteiger partial charge in [0.2, 0.25) is 0 Å². The van der Waals surface area contributed by atoms with Gasteiger partial charge in [-0.2, -0.15) is 0 Å². The molecule has 2 aromatic rings. The van der Waals surface area contributed by atoms with Crippen LogP contribution >= 0.6 is 0 Å². The first-order chi connectivity index (χ1) is 9.13. The Morgan fingerprint density at radius 1 is 1.26 bits per heavy atom. The van der Waals surface area contributed by atoms with Crippen molar-refractivity contribution in [3.05, 3.63) is 40.3 Å². The van der Waals surface area contributed by atoms with Gasteiger partial charge in [-0.3, -0.25) is 0 Å². The van der Waals surface area contributed by atoms with E-state index in [9.17, 15) is 9.59 Å². The van der Waals surface area contributed by atoms with E-state index in [-0.39, 0.29) is 5.69 Å². The maximum Gasteiger partial charge on any atom is 0.407 e. The lowest BCUT2D eigenvalue weighted by atomic mass is 9.99. The molecular formula is C13H13N3O3. The number of carbonyl (C=O) groups is 1. The molecule has 1 aliphatic heterocycles. The average molecular weight is 259 g/mol. The number of hydrogen-bond donors (Lipinski definition) is 3. The Balaban J connectivity index is 1.92. The fourth-order valence-corrected chi connectivity index (χ4v) is 2.34. The van der Waals surface area contributed by atoms with E-state index < -0.39 is 6.09 Å². The summed E-state index contributed by atoms with van der Waals surface area (Å²) in [6.07, 6.45) is 1.72. The van der Waals surface area contributed by atoms with Crippen LogP contribution in [0.4, 0.5) is 4.79 Å². The van der Waals surface area contributed by atoms with Gasteiger partial charge in [0.15, 0.2) is 0 Å². The van der Waals surface area contributed by atoms with Gasteiger partial charge in [-0.05, 0) is 29.7 Å². The van der Waals surface area contributed by atoms with Gasteiger partial charge >= 0.3 is 11.8 Å². The van der Waals surface area contributed by atoms with E-state index >= 15 is 0 Å². The number of nitrogens with one attached hydrogen (secondary N) is 2. The third-order valence-corrected chi connectivity index (χ3v) is 3.37. The standard InChI is InChI=1S/C13H13N3O3/c17-12-14-10-2-1-9(7-11(10)15-12)8-3-5-16(6-4-8)13(18)19/h1-3,7H,4-6H2,(H,18,19)(H2,14,15,17). The summed E-state index contributed by atoms with van der Waals surface area (Å²) in [7, 11) is 0. The molecule has 98 valence electrons. The highest BCUT2D eigenvalue weighted by atomic mass is 16.4. The van der Waals surface area contributed by atoms with E-state index in [2.05, 4.69) is 9.97 Å². The van der Waals surface area contributed by atoms with Crippen LogP contribution in [-0.4, -0.2) is 39.2 Å². The van der Waals surface area contributed by atoms with Crippen LogP contribution in [0.1, 0.15) is 12.0 Å². The quantitative estimate of drug-likeness (QED) is 0.727. The minimum absolute atomic E-state index is 0.221. The van der Waals surface area contributed by atoms with Crippen molar-refractivity contribution in [3.63, 3.8) is 0 Å². The lowest BCUT2D eigenvalue weighted by Crippen LogP contribution is -2.33. The van der Waals surface area contributed by atoms with Crippen LogP contribution in [0.3, 0.4) is 0 Å². The van der Waals surface area contributed by atoms with Crippen LogP contribution < -0.4 is 5.69 Å². The van der Waals surface area contributed by atoms with Crippen molar-refractivity contribution in [2.45, 2.75) is 6.42 Å². The van der Waals surface area contributed by atoms with E-state index in [4.69, 9.17) is 5.11 Å². The molecule has 6 heteroatoms. The second kappa shape index (κ2) is 4.31. The number of nitrogens with zero attached hydrogens (tertiary/aromatic N) is 1. The summed E-state index contributed by atoms with van der Waals surface area (Å²) in [6, 6.07) is 5.71. The molecular weight excluding hydrogens is 246 g/mol. The maximum absolute atomic E-state index is 11.2. The zero-order valence-corrected chi connectivity index (χ0v) is 10.1. The molecule has 0 spiro atoms. The lowest BCUT2D eigenvalue weighted by Gasteiger charge is -2.23. The molecule has 0 atom stereocenters. The van der Waals surface area contributed by atoms with Gasteiger partial charge < -0.3 is 20.0 Å². The molecule has 0 aliphatic carbocycles. The van der Waals surface area contributed by atoms with Crippen LogP contribution in [0, 0.1) is 0 Å². The predicted octanol–water partition coefficient (Wildman–Crippen LogP) is 1.62. The Morgan fingerprint density at radius 3 is 2.74 bits per heavy atom. The first kappa shape index (κ1) is 11.6. The monoisotopic (exact) mass is 259 g/mol. The molecule has 1 aliphatic rings. The summed E-state index contributed by atoms with van der Waals surface area (Å²) >= 11 is 0. The Labute approximate surface area is 108 Å². The molecule has 0 radical (unpaired) electrons. The van der Waals surface area contributed by atoms with Gasteiger partial charge in [-0.15, -0.1) is 0 Å². The largest absolute Gasteiger partial charge is 0.465 e. The summed E-state index contributed by atoms with van der Waals surface area (Å²) in [5, 5.41) is 8.89. The number of imidazole rings is 1. The molecule has 6 nitrogen and oxygen atoms in total. The summed E-state index contributed by atoms with van der Waals surface area (Å²) in [4.78, 5) is 28.8. The fourth-order valence-electron chi connectivity index (χ4n) is 2.34. The van der Waals surface area contributed by atoms with Crippen LogP contribution in [0.15, 0.2) is 29.1 Å². The number of fused-ring (bicyclic) bond motifs is 1. The van der Waals surface area contributed by atoms with Crippen molar-refractivity contribution < 1.29 is 9.90 Å². The van der Waals surface area contributed by atoms with Gasteiger partial charge in [0.1, 0.15) is 0 Å². The number of H-pyrrole nitrogens is 2. The lowest BCUT2D eigenvalue weighted by molar-refractivity contribution is 0.150. The van der Waals surface area contributed by atoms with Crippen LogP contribution in [0.25, 0.3) is 16.6 Å². The van der Waals surface area contributed by atoms with E-state index in [0.717, 1.165) is 22.2 Å². The zero-order chi connectivity index (χ0) is 13.4. The summed E-state index contributed by atoms with van der Waals surface area (Å²) in [6.45, 7) is 0.912. The van der Waals surface area contributed by atoms with Crippen molar-refractivity contribution in [2.75, 3.05) is 13.1 Å². The van der Waals surface area contributed by atoms with E-state index in [0.29, 0.717) is 19.5 Å². The molecule has 3 N–H and O–H groups in total. The number of aromatic amines is 2. The highest BCUT2D eigenvalue weighted by Gasteiger charge is 2.16. The first-order valence-electron chi connectivity index (χ1n) is 6.03. The normalized spacial score (nSPS) is 15.6. The fraction of sp³-hybridized carbons (Fsp3) is 0.231. The molecule has 3 rings (SSSR count). The minimum Gasteiger partial charge on any atom is -0.465 e. The van der Waals surface area contributed by atoms with Gasteiger partial charge in [-0.1, -0.05) is 12.1 Å². The van der Waals surface area contributed by atoms with Crippen LogP contribution in [0.5, 0.6) is 0 Å². The van der Waals surface area contributed by atoms with Gasteiger partial charge in [0.05, 0.1) is 11.0 Å². The van der Waals surface area contributed by atoms with Crippen molar-refractivity contribution in [1.29, 1.82) is 0 Å². The van der Waals surface area contributed by atoms with Crippen molar-refractivity contribution in [2.24, 2.45) is 0 Å². The Hall–Kier alpha value is -2.50. The molecule has 1 amide bonds. The highest BCUT2D eigenvalue weighted by Crippen LogP contribution is 2.24. The molecule has 1 aromatic heterocycles. The number of amides is 1. The molecule has 0 fully saturated rings. The summed E-state index contributed by atoms with van der Waals surface area (Å²) in [5.74, 6) is 0. The van der Waals surface area contributed by atoms with Crippen LogP contribution in [-0.2, 0) is 0 Å². The molecule has 0 saturated carbocycles. The molecule has 2 heterocycles. The molecule has 0 bridgehead atoms. The average Bonchev–Trinajstić information content (AvgIpc) is 2.77. The number of aromatic nitrogens is 2. The van der Waals surface area contributed by atoms with Gasteiger partial charge in [-0.25, -0.2) is 9.59 Å². The van der Waals surface area contributed by atoms with Crippen molar-refractivity contribution >= 4 is 22.7 Å². The van der Waals surface area contributed by atoms with E-state index in [1.54, 1.807) is 0 Å². The second-order valence-corrected chi connectivity index (χ2v) is 4.55. The van der Waals surface area contributed by atoms with Crippen molar-refractivity contribution in [1.82, 2.24) is 14.9 Å². The summed E-state index contributed by atoms with van der Waals surface area (Å²) < 4.78 is 0. The van der Waals surface area contributed by atoms with Crippen LogP contribution in [0.2, 0.25) is 0 Å². The summed E-state index contributed by atoms with van der Waals surface area (Å²) in [5.41, 5.74) is 3.46. The Bertz CT molecular complexity index is 726. The third-order valence-electron chi connectivity index (χ3n) is 3.37. The molecule has 19 heavy (non-hydrogen) atoms. The molecule has 1 aromatic carbocycles. The Morgan fingerprint density at radius 2 is 2.05 bits per heavy atom. The maximum atomic E-state index is 11.2. The number of carboxylic acid groups (broad SMARTS) is 1. The topological polar surface area (TPSA) is 89.2 Å². The number of benzene rings is 1. The van der Waals surface area contributed by atoms with Gasteiger partial charge in [0.25, 0.3) is 0 Å². The zero-order valence-electron chi connectivity index (χ0n) is 10.1. The number of rotatable bonds is 1. The molecule has 0 saturated heterocycles. The Kier molecular flexibility index (Phi) is 2.63. The first-order valence-corrected chi connectivity index (χ1v) is 6.03. The predicted molar refractivity (Wildman–Crippen MR) is 71.1 cm³/mol. The second-order valence-electron chi connectivity index (χ2n) is 4.55.